The standard InChI is InChI=1S/C31H39N3O5S/c1-7-28(30(36)32-31(3,4)5)33(21-24-11-9-8-10-12-24)29(35)22-34(25-15-13-23(2)14-16-25)40(37,38)27-19-17-26(39-6)18-20-27/h8-20,28H,7,21-22H2,1-6H3,(H,32,36)/t28-/m1/s1. The molecule has 1 N–H and O–H groups in total. The van der Waals surface area contributed by atoms with E-state index in [0.717, 1.165) is 15.4 Å². The van der Waals surface area contributed by atoms with Crippen LogP contribution in [0.1, 0.15) is 45.2 Å². The molecule has 0 aliphatic rings. The smallest absolute Gasteiger partial charge is 0.264 e. The molecular formula is C31H39N3O5S. The van der Waals surface area contributed by atoms with Gasteiger partial charge in [-0.2, -0.15) is 0 Å². The highest BCUT2D eigenvalue weighted by molar-refractivity contribution is 7.92. The Kier molecular flexibility index (Phi) is 9.98. The van der Waals surface area contributed by atoms with Crippen LogP contribution in [0.4, 0.5) is 5.69 Å². The maximum Gasteiger partial charge on any atom is 0.264 e. The molecule has 8 nitrogen and oxygen atoms in total. The number of anilines is 1. The van der Waals surface area contributed by atoms with Gasteiger partial charge in [-0.15, -0.1) is 0 Å². The normalized spacial score (nSPS) is 12.3. The molecule has 0 radical (unpaired) electrons. The van der Waals surface area contributed by atoms with Crippen LogP contribution in [0.15, 0.2) is 83.8 Å². The fraction of sp³-hybridized carbons (Fsp3) is 0.355. The molecule has 1 atom stereocenters. The number of aryl methyl sites for hydroxylation is 1. The third kappa shape index (κ3) is 7.85. The summed E-state index contributed by atoms with van der Waals surface area (Å²) in [6, 6.07) is 21.5. The zero-order valence-corrected chi connectivity index (χ0v) is 24.9. The minimum absolute atomic E-state index is 0.0220. The van der Waals surface area contributed by atoms with Gasteiger partial charge in [-0.05, 0) is 76.1 Å². The van der Waals surface area contributed by atoms with Crippen molar-refractivity contribution in [2.24, 2.45) is 0 Å². The molecule has 214 valence electrons. The maximum atomic E-state index is 14.1. The SMILES string of the molecule is CC[C@H](C(=O)NC(C)(C)C)N(Cc1ccccc1)C(=O)CN(c1ccc(C)cc1)S(=O)(=O)c1ccc(OC)cc1. The van der Waals surface area contributed by atoms with Gasteiger partial charge in [0.05, 0.1) is 17.7 Å². The average molecular weight is 566 g/mol. The molecule has 3 aromatic carbocycles. The second-order valence-corrected chi connectivity index (χ2v) is 12.6. The van der Waals surface area contributed by atoms with Gasteiger partial charge in [0.1, 0.15) is 18.3 Å². The fourth-order valence-corrected chi connectivity index (χ4v) is 5.68. The Balaban J connectivity index is 2.05. The van der Waals surface area contributed by atoms with Crippen LogP contribution >= 0.6 is 0 Å². The molecule has 0 saturated heterocycles. The molecule has 3 rings (SSSR count). The van der Waals surface area contributed by atoms with E-state index >= 15 is 0 Å². The number of nitrogens with one attached hydrogen (secondary N) is 1. The Morgan fingerprint density at radius 3 is 2.05 bits per heavy atom. The second kappa shape index (κ2) is 13.0. The van der Waals surface area contributed by atoms with Gasteiger partial charge in [-0.1, -0.05) is 55.0 Å². The predicted octanol–water partition coefficient (Wildman–Crippen LogP) is 4.92. The molecule has 9 heteroatoms. The van der Waals surface area contributed by atoms with E-state index in [9.17, 15) is 18.0 Å². The molecule has 0 aliphatic carbocycles. The Hall–Kier alpha value is -3.85. The van der Waals surface area contributed by atoms with Gasteiger partial charge < -0.3 is 15.0 Å². The summed E-state index contributed by atoms with van der Waals surface area (Å²) in [6.45, 7) is 9.04. The molecule has 2 amide bonds. The van der Waals surface area contributed by atoms with Crippen molar-refractivity contribution < 1.29 is 22.7 Å². The summed E-state index contributed by atoms with van der Waals surface area (Å²) in [7, 11) is -2.64. The van der Waals surface area contributed by atoms with Gasteiger partial charge in [0.2, 0.25) is 11.8 Å². The summed E-state index contributed by atoms with van der Waals surface area (Å²) < 4.78 is 34.1. The van der Waals surface area contributed by atoms with Crippen molar-refractivity contribution in [2.45, 2.75) is 64.1 Å². The average Bonchev–Trinajstić information content (AvgIpc) is 2.91. The molecule has 0 unspecified atom stereocenters. The zero-order valence-electron chi connectivity index (χ0n) is 24.0. The van der Waals surface area contributed by atoms with Crippen molar-refractivity contribution in [3.8, 4) is 5.75 Å². The summed E-state index contributed by atoms with van der Waals surface area (Å²) in [5.41, 5.74) is 1.63. The maximum absolute atomic E-state index is 14.1. The number of amides is 2. The third-order valence-corrected chi connectivity index (χ3v) is 8.12. The fourth-order valence-electron chi connectivity index (χ4n) is 4.27. The quantitative estimate of drug-likeness (QED) is 0.356. The van der Waals surface area contributed by atoms with Crippen molar-refractivity contribution in [1.29, 1.82) is 0 Å². The molecule has 40 heavy (non-hydrogen) atoms. The first-order valence-electron chi connectivity index (χ1n) is 13.2. The van der Waals surface area contributed by atoms with Crippen molar-refractivity contribution in [2.75, 3.05) is 18.0 Å². The number of methoxy groups -OCH3 is 1. The van der Waals surface area contributed by atoms with Crippen LogP contribution in [0.25, 0.3) is 0 Å². The number of hydrogen-bond donors (Lipinski definition) is 1. The zero-order chi connectivity index (χ0) is 29.5. The van der Waals surface area contributed by atoms with Gasteiger partial charge in [0, 0.05) is 12.1 Å². The van der Waals surface area contributed by atoms with Crippen LogP contribution < -0.4 is 14.4 Å². The number of carbonyl (C=O) groups is 2. The number of nitrogens with zero attached hydrogens (tertiary/aromatic N) is 2. The van der Waals surface area contributed by atoms with E-state index in [1.54, 1.807) is 36.4 Å². The summed E-state index contributed by atoms with van der Waals surface area (Å²) >= 11 is 0. The Bertz CT molecular complexity index is 1380. The molecule has 0 aliphatic heterocycles. The van der Waals surface area contributed by atoms with Gasteiger partial charge >= 0.3 is 0 Å². The van der Waals surface area contributed by atoms with Crippen LogP contribution in [-0.4, -0.2) is 50.4 Å². The number of sulfonamides is 1. The van der Waals surface area contributed by atoms with Gasteiger partial charge in [0.25, 0.3) is 10.0 Å². The highest BCUT2D eigenvalue weighted by Gasteiger charge is 2.34. The Morgan fingerprint density at radius 1 is 0.925 bits per heavy atom. The summed E-state index contributed by atoms with van der Waals surface area (Å²) in [4.78, 5) is 28.9. The van der Waals surface area contributed by atoms with E-state index in [-0.39, 0.29) is 17.3 Å². The number of rotatable bonds is 11. The highest BCUT2D eigenvalue weighted by atomic mass is 32.2. The van der Waals surface area contributed by atoms with Crippen molar-refractivity contribution in [3.63, 3.8) is 0 Å². The minimum Gasteiger partial charge on any atom is -0.497 e. The number of hydrogen-bond acceptors (Lipinski definition) is 5. The van der Waals surface area contributed by atoms with Crippen LogP contribution in [0, 0.1) is 6.92 Å². The van der Waals surface area contributed by atoms with Crippen molar-refractivity contribution >= 4 is 27.5 Å². The van der Waals surface area contributed by atoms with Crippen LogP contribution in [0.2, 0.25) is 0 Å². The molecule has 0 spiro atoms. The van der Waals surface area contributed by atoms with E-state index < -0.39 is 34.1 Å². The summed E-state index contributed by atoms with van der Waals surface area (Å²) in [5.74, 6) is -0.266. The van der Waals surface area contributed by atoms with Crippen LogP contribution in [0.3, 0.4) is 0 Å². The van der Waals surface area contributed by atoms with Gasteiger partial charge in [0.15, 0.2) is 0 Å². The topological polar surface area (TPSA) is 96.0 Å². The van der Waals surface area contributed by atoms with Gasteiger partial charge in [-0.3, -0.25) is 13.9 Å². The summed E-state index contributed by atoms with van der Waals surface area (Å²) in [5, 5.41) is 2.97. The number of ether oxygens (including phenoxy) is 1. The molecule has 0 bridgehead atoms. The lowest BCUT2D eigenvalue weighted by atomic mass is 10.1. The predicted molar refractivity (Wildman–Crippen MR) is 158 cm³/mol. The van der Waals surface area contributed by atoms with Gasteiger partial charge in [-0.25, -0.2) is 8.42 Å². The molecule has 3 aromatic rings. The minimum atomic E-state index is -4.15. The Morgan fingerprint density at radius 2 is 1.52 bits per heavy atom. The van der Waals surface area contributed by atoms with E-state index in [2.05, 4.69) is 5.32 Å². The monoisotopic (exact) mass is 565 g/mol. The van der Waals surface area contributed by atoms with Crippen molar-refractivity contribution in [1.82, 2.24) is 10.2 Å². The number of benzene rings is 3. The largest absolute Gasteiger partial charge is 0.497 e. The van der Waals surface area contributed by atoms with E-state index in [1.807, 2.05) is 65.0 Å². The van der Waals surface area contributed by atoms with E-state index in [0.29, 0.717) is 17.9 Å². The Labute approximate surface area is 238 Å². The van der Waals surface area contributed by atoms with Crippen LogP contribution in [-0.2, 0) is 26.2 Å². The molecule has 0 heterocycles. The second-order valence-electron chi connectivity index (χ2n) is 10.7. The third-order valence-electron chi connectivity index (χ3n) is 6.33. The highest BCUT2D eigenvalue weighted by Crippen LogP contribution is 2.26. The van der Waals surface area contributed by atoms with E-state index in [4.69, 9.17) is 4.74 Å². The lowest BCUT2D eigenvalue weighted by Crippen LogP contribution is -2.55. The lowest BCUT2D eigenvalue weighted by molar-refractivity contribution is -0.141. The first kappa shape index (κ1) is 30.7. The van der Waals surface area contributed by atoms with E-state index in [1.165, 1.54) is 24.1 Å². The van der Waals surface area contributed by atoms with Crippen LogP contribution in [0.5, 0.6) is 5.75 Å². The summed E-state index contributed by atoms with van der Waals surface area (Å²) in [6.07, 6.45) is 0.357. The first-order chi connectivity index (χ1) is 18.9. The molecule has 0 fully saturated rings. The number of carbonyl (C=O) groups excluding carboxylic acids is 2. The van der Waals surface area contributed by atoms with Crippen molar-refractivity contribution in [3.05, 3.63) is 90.0 Å². The first-order valence-corrected chi connectivity index (χ1v) is 14.7. The molecular weight excluding hydrogens is 526 g/mol. The molecule has 0 aromatic heterocycles. The lowest BCUT2D eigenvalue weighted by Gasteiger charge is -2.34. The molecule has 0 saturated carbocycles.